The highest BCUT2D eigenvalue weighted by Crippen LogP contribution is 2.17. The molecule has 4 heteroatoms. The second-order valence-electron chi connectivity index (χ2n) is 4.65. The summed E-state index contributed by atoms with van der Waals surface area (Å²) in [6.07, 6.45) is 4.30. The van der Waals surface area contributed by atoms with Gasteiger partial charge in [0.25, 0.3) is 0 Å². The Kier molecular flexibility index (Phi) is 7.73. The van der Waals surface area contributed by atoms with Crippen molar-refractivity contribution in [1.82, 2.24) is 0 Å². The van der Waals surface area contributed by atoms with Crippen LogP contribution in [0.1, 0.15) is 49.9 Å². The molecular formula is C16H23O4. The predicted molar refractivity (Wildman–Crippen MR) is 77.1 cm³/mol. The molecule has 0 saturated heterocycles. The van der Waals surface area contributed by atoms with Gasteiger partial charge in [-0.3, -0.25) is 4.89 Å². The van der Waals surface area contributed by atoms with Gasteiger partial charge in [0.2, 0.25) is 0 Å². The highest BCUT2D eigenvalue weighted by molar-refractivity contribution is 5.89. The third kappa shape index (κ3) is 5.61. The lowest BCUT2D eigenvalue weighted by Crippen LogP contribution is -2.09. The summed E-state index contributed by atoms with van der Waals surface area (Å²) in [5, 5.41) is 0. The first-order valence-corrected chi connectivity index (χ1v) is 7.06. The minimum Gasteiger partial charge on any atom is -0.497 e. The van der Waals surface area contributed by atoms with Crippen molar-refractivity contribution in [2.75, 3.05) is 7.11 Å². The van der Waals surface area contributed by atoms with Gasteiger partial charge in [-0.2, -0.15) is 4.89 Å². The van der Waals surface area contributed by atoms with Gasteiger partial charge in [-0.1, -0.05) is 39.2 Å². The summed E-state index contributed by atoms with van der Waals surface area (Å²) in [4.78, 5) is 21.5. The maximum Gasteiger partial charge on any atom is 0.373 e. The Morgan fingerprint density at radius 2 is 2.15 bits per heavy atom. The fourth-order valence-corrected chi connectivity index (χ4v) is 1.78. The summed E-state index contributed by atoms with van der Waals surface area (Å²) in [7, 11) is 1.55. The van der Waals surface area contributed by atoms with Crippen molar-refractivity contribution in [3.05, 3.63) is 36.4 Å². The van der Waals surface area contributed by atoms with E-state index >= 15 is 0 Å². The molecule has 0 heterocycles. The highest BCUT2D eigenvalue weighted by Gasteiger charge is 2.12. The number of rotatable bonds is 9. The van der Waals surface area contributed by atoms with Gasteiger partial charge < -0.3 is 4.74 Å². The van der Waals surface area contributed by atoms with Crippen LogP contribution in [0.4, 0.5) is 0 Å². The van der Waals surface area contributed by atoms with Gasteiger partial charge in [0, 0.05) is 0 Å². The number of methoxy groups -OCH3 is 1. The average molecular weight is 279 g/mol. The van der Waals surface area contributed by atoms with E-state index in [1.165, 1.54) is 0 Å². The third-order valence-electron chi connectivity index (χ3n) is 3.13. The Hall–Kier alpha value is -1.55. The van der Waals surface area contributed by atoms with Gasteiger partial charge in [-0.05, 0) is 30.5 Å². The van der Waals surface area contributed by atoms with Gasteiger partial charge in [0.05, 0.1) is 12.7 Å². The van der Waals surface area contributed by atoms with E-state index in [9.17, 15) is 4.79 Å². The SMILES string of the molecule is CCCCC([CH]OOC(=O)c1cccc(OC)c1)CC. The zero-order valence-electron chi connectivity index (χ0n) is 12.4. The molecule has 0 spiro atoms. The molecule has 111 valence electrons. The number of benzene rings is 1. The second kappa shape index (κ2) is 9.37. The van der Waals surface area contributed by atoms with Crippen molar-refractivity contribution in [3.8, 4) is 5.75 Å². The Bertz CT molecular complexity index is 403. The highest BCUT2D eigenvalue weighted by atomic mass is 17.2. The second-order valence-corrected chi connectivity index (χ2v) is 4.65. The minimum atomic E-state index is -0.523. The van der Waals surface area contributed by atoms with Crippen molar-refractivity contribution < 1.29 is 19.3 Å². The summed E-state index contributed by atoms with van der Waals surface area (Å²) >= 11 is 0. The van der Waals surface area contributed by atoms with Crippen LogP contribution in [0.15, 0.2) is 24.3 Å². The molecular weight excluding hydrogens is 256 g/mol. The summed E-state index contributed by atoms with van der Waals surface area (Å²) in [5.74, 6) is 0.399. The van der Waals surface area contributed by atoms with E-state index in [1.807, 2.05) is 0 Å². The van der Waals surface area contributed by atoms with Crippen LogP contribution >= 0.6 is 0 Å². The Labute approximate surface area is 121 Å². The van der Waals surface area contributed by atoms with Crippen molar-refractivity contribution in [3.63, 3.8) is 0 Å². The van der Waals surface area contributed by atoms with Gasteiger partial charge in [-0.15, -0.1) is 0 Å². The van der Waals surface area contributed by atoms with Crippen LogP contribution in [-0.2, 0) is 9.78 Å². The summed E-state index contributed by atoms with van der Waals surface area (Å²) in [6.45, 7) is 5.84. The first-order chi connectivity index (χ1) is 9.71. The van der Waals surface area contributed by atoms with Crippen LogP contribution in [0, 0.1) is 12.5 Å². The maximum absolute atomic E-state index is 11.8. The normalized spacial score (nSPS) is 11.9. The molecule has 1 atom stereocenters. The molecule has 0 N–H and O–H groups in total. The lowest BCUT2D eigenvalue weighted by molar-refractivity contribution is -0.219. The number of hydrogen-bond donors (Lipinski definition) is 0. The standard InChI is InChI=1S/C16H23O4/c1-4-6-8-13(5-2)12-19-20-16(17)14-9-7-10-15(11-14)18-3/h7,9-13H,4-6,8H2,1-3H3. The monoisotopic (exact) mass is 279 g/mol. The number of ether oxygens (including phenoxy) is 1. The molecule has 20 heavy (non-hydrogen) atoms. The molecule has 0 saturated carbocycles. The number of carbonyl (C=O) groups is 1. The smallest absolute Gasteiger partial charge is 0.373 e. The molecule has 1 aromatic rings. The van der Waals surface area contributed by atoms with E-state index in [1.54, 1.807) is 38.0 Å². The van der Waals surface area contributed by atoms with Crippen molar-refractivity contribution >= 4 is 5.97 Å². The van der Waals surface area contributed by atoms with Crippen molar-refractivity contribution in [1.29, 1.82) is 0 Å². The first-order valence-electron chi connectivity index (χ1n) is 7.06. The van der Waals surface area contributed by atoms with Gasteiger partial charge in [0.15, 0.2) is 0 Å². The first kappa shape index (κ1) is 16.5. The molecule has 0 aromatic heterocycles. The average Bonchev–Trinajstić information content (AvgIpc) is 2.50. The summed E-state index contributed by atoms with van der Waals surface area (Å²) < 4.78 is 5.05. The zero-order chi connectivity index (χ0) is 14.8. The topological polar surface area (TPSA) is 44.8 Å². The number of hydrogen-bond acceptors (Lipinski definition) is 4. The maximum atomic E-state index is 11.8. The van der Waals surface area contributed by atoms with Gasteiger partial charge in [-0.25, -0.2) is 4.79 Å². The van der Waals surface area contributed by atoms with Crippen molar-refractivity contribution in [2.45, 2.75) is 39.5 Å². The quantitative estimate of drug-likeness (QED) is 0.503. The van der Waals surface area contributed by atoms with Crippen LogP contribution in [0.2, 0.25) is 0 Å². The molecule has 0 fully saturated rings. The molecule has 1 radical (unpaired) electrons. The molecule has 0 amide bonds. The fraction of sp³-hybridized carbons (Fsp3) is 0.500. The van der Waals surface area contributed by atoms with Crippen LogP contribution in [0.25, 0.3) is 0 Å². The molecule has 1 unspecified atom stereocenters. The lowest BCUT2D eigenvalue weighted by atomic mass is 10.0. The molecule has 0 bridgehead atoms. The van der Waals surface area contributed by atoms with E-state index in [2.05, 4.69) is 13.8 Å². The lowest BCUT2D eigenvalue weighted by Gasteiger charge is -2.12. The zero-order valence-corrected chi connectivity index (χ0v) is 12.4. The molecule has 1 aromatic carbocycles. The van der Waals surface area contributed by atoms with Crippen LogP contribution < -0.4 is 4.74 Å². The van der Waals surface area contributed by atoms with E-state index in [4.69, 9.17) is 14.5 Å². The summed E-state index contributed by atoms with van der Waals surface area (Å²) in [6, 6.07) is 6.76. The fourth-order valence-electron chi connectivity index (χ4n) is 1.78. The minimum absolute atomic E-state index is 0.313. The molecule has 0 aliphatic heterocycles. The van der Waals surface area contributed by atoms with Crippen LogP contribution in [-0.4, -0.2) is 13.1 Å². The Balaban J connectivity index is 2.38. The van der Waals surface area contributed by atoms with E-state index in [0.29, 0.717) is 17.2 Å². The predicted octanol–water partition coefficient (Wildman–Crippen LogP) is 4.16. The van der Waals surface area contributed by atoms with E-state index in [-0.39, 0.29) is 0 Å². The molecule has 1 rings (SSSR count). The Morgan fingerprint density at radius 1 is 1.35 bits per heavy atom. The van der Waals surface area contributed by atoms with Crippen molar-refractivity contribution in [2.24, 2.45) is 5.92 Å². The molecule has 4 nitrogen and oxygen atoms in total. The van der Waals surface area contributed by atoms with Crippen LogP contribution in [0.3, 0.4) is 0 Å². The van der Waals surface area contributed by atoms with Gasteiger partial charge in [0.1, 0.15) is 12.4 Å². The van der Waals surface area contributed by atoms with E-state index < -0.39 is 5.97 Å². The summed E-state index contributed by atoms with van der Waals surface area (Å²) in [5.41, 5.74) is 0.402. The third-order valence-corrected chi connectivity index (χ3v) is 3.13. The number of unbranched alkanes of at least 4 members (excludes halogenated alkanes) is 1. The largest absolute Gasteiger partial charge is 0.497 e. The molecule has 0 aliphatic carbocycles. The van der Waals surface area contributed by atoms with Crippen LogP contribution in [0.5, 0.6) is 5.75 Å². The number of carbonyl (C=O) groups excluding carboxylic acids is 1. The van der Waals surface area contributed by atoms with E-state index in [0.717, 1.165) is 25.7 Å². The van der Waals surface area contributed by atoms with Gasteiger partial charge >= 0.3 is 5.97 Å². The molecule has 0 aliphatic rings. The Morgan fingerprint density at radius 3 is 2.80 bits per heavy atom.